The lowest BCUT2D eigenvalue weighted by atomic mass is 9.97. The summed E-state index contributed by atoms with van der Waals surface area (Å²) in [6.07, 6.45) is 3.07. The Morgan fingerprint density at radius 2 is 1.63 bits per heavy atom. The van der Waals surface area contributed by atoms with E-state index in [0.29, 0.717) is 16.8 Å². The van der Waals surface area contributed by atoms with Crippen LogP contribution in [0.15, 0.2) is 65.6 Å². The number of carbonyl (C=O) groups excluding carboxylic acids is 1. The number of fused-ring (bicyclic) bond motifs is 1. The second kappa shape index (κ2) is 8.19. The van der Waals surface area contributed by atoms with Gasteiger partial charge in [-0.15, -0.1) is 0 Å². The number of sulfone groups is 1. The van der Waals surface area contributed by atoms with Gasteiger partial charge in [0.1, 0.15) is 5.69 Å². The fraction of sp³-hybridized carbons (Fsp3) is 0.333. The van der Waals surface area contributed by atoms with Crippen molar-refractivity contribution in [1.82, 2.24) is 9.88 Å². The third-order valence-corrected chi connectivity index (χ3v) is 7.58. The molecule has 2 heterocycles. The summed E-state index contributed by atoms with van der Waals surface area (Å²) in [7, 11) is -3.62. The van der Waals surface area contributed by atoms with Gasteiger partial charge in [0.05, 0.1) is 16.3 Å². The minimum absolute atomic E-state index is 0.126. The van der Waals surface area contributed by atoms with Gasteiger partial charge in [0.15, 0.2) is 9.84 Å². The Morgan fingerprint density at radius 1 is 0.967 bits per heavy atom. The summed E-state index contributed by atoms with van der Waals surface area (Å²) in [5.41, 5.74) is 0.687. The third kappa shape index (κ3) is 3.97. The molecule has 0 bridgehead atoms. The predicted molar refractivity (Wildman–Crippen MR) is 118 cm³/mol. The van der Waals surface area contributed by atoms with E-state index in [4.69, 9.17) is 0 Å². The first-order chi connectivity index (χ1) is 14.4. The van der Waals surface area contributed by atoms with Crippen molar-refractivity contribution in [3.05, 3.63) is 72.1 Å². The first-order valence-corrected chi connectivity index (χ1v) is 12.0. The van der Waals surface area contributed by atoms with Crippen LogP contribution in [0.25, 0.3) is 10.8 Å². The van der Waals surface area contributed by atoms with Gasteiger partial charge in [0, 0.05) is 17.5 Å². The average molecular weight is 423 g/mol. The first kappa shape index (κ1) is 20.5. The molecule has 0 aliphatic carbocycles. The normalized spacial score (nSPS) is 19.7. The Morgan fingerprint density at radius 3 is 2.40 bits per heavy atom. The van der Waals surface area contributed by atoms with Gasteiger partial charge in [0.25, 0.3) is 5.91 Å². The second-order valence-corrected chi connectivity index (χ2v) is 10.0. The van der Waals surface area contributed by atoms with E-state index in [1.807, 2.05) is 35.2 Å². The monoisotopic (exact) mass is 422 g/mol. The summed E-state index contributed by atoms with van der Waals surface area (Å²) < 4.78 is 26.3. The summed E-state index contributed by atoms with van der Waals surface area (Å²) in [5.74, 6) is -0.369. The van der Waals surface area contributed by atoms with Crippen molar-refractivity contribution in [2.45, 2.75) is 55.8 Å². The van der Waals surface area contributed by atoms with Crippen molar-refractivity contribution in [2.24, 2.45) is 0 Å². The van der Waals surface area contributed by atoms with Crippen LogP contribution < -0.4 is 0 Å². The molecule has 0 N–H and O–H groups in total. The Kier molecular flexibility index (Phi) is 5.60. The molecule has 0 radical (unpaired) electrons. The molecule has 1 aliphatic heterocycles. The van der Waals surface area contributed by atoms with E-state index >= 15 is 0 Å². The lowest BCUT2D eigenvalue weighted by Gasteiger charge is -2.38. The smallest absolute Gasteiger partial charge is 0.272 e. The number of amides is 1. The number of piperidine rings is 1. The summed E-state index contributed by atoms with van der Waals surface area (Å²) in [6, 6.07) is 18.1. The molecule has 5 nitrogen and oxygen atoms in total. The van der Waals surface area contributed by atoms with Gasteiger partial charge in [-0.1, -0.05) is 42.5 Å². The van der Waals surface area contributed by atoms with E-state index in [2.05, 4.69) is 18.8 Å². The topological polar surface area (TPSA) is 67.3 Å². The van der Waals surface area contributed by atoms with E-state index in [-0.39, 0.29) is 28.6 Å². The maximum absolute atomic E-state index is 13.2. The molecule has 1 aliphatic rings. The van der Waals surface area contributed by atoms with Gasteiger partial charge < -0.3 is 4.90 Å². The molecule has 3 aromatic rings. The lowest BCUT2D eigenvalue weighted by molar-refractivity contribution is 0.0504. The Labute approximate surface area is 177 Å². The molecule has 1 amide bonds. The maximum Gasteiger partial charge on any atom is 0.272 e. The number of hydrogen-bond acceptors (Lipinski definition) is 4. The molecule has 1 saturated heterocycles. The van der Waals surface area contributed by atoms with Crippen molar-refractivity contribution in [2.75, 3.05) is 0 Å². The zero-order valence-corrected chi connectivity index (χ0v) is 18.1. The van der Waals surface area contributed by atoms with Gasteiger partial charge in [-0.2, -0.15) is 0 Å². The first-order valence-electron chi connectivity index (χ1n) is 10.4. The zero-order valence-electron chi connectivity index (χ0n) is 17.3. The highest BCUT2D eigenvalue weighted by Gasteiger charge is 2.30. The zero-order chi connectivity index (χ0) is 21.3. The predicted octanol–water partition coefficient (Wildman–Crippen LogP) is 4.61. The van der Waals surface area contributed by atoms with Crippen LogP contribution in [0, 0.1) is 0 Å². The molecule has 156 valence electrons. The molecule has 2 aromatic carbocycles. The highest BCUT2D eigenvalue weighted by Crippen LogP contribution is 2.27. The molecule has 4 rings (SSSR count). The average Bonchev–Trinajstić information content (AvgIpc) is 2.73. The van der Waals surface area contributed by atoms with Crippen LogP contribution in [-0.2, 0) is 15.6 Å². The number of carbonyl (C=O) groups is 1. The van der Waals surface area contributed by atoms with Crippen molar-refractivity contribution in [3.63, 3.8) is 0 Å². The van der Waals surface area contributed by atoms with E-state index in [1.54, 1.807) is 30.3 Å². The highest BCUT2D eigenvalue weighted by atomic mass is 32.2. The SMILES string of the molecule is CC1CCCC(C)N1C(=O)c1cccc(CS(=O)(=O)c2cccc3ccccc23)n1. The van der Waals surface area contributed by atoms with E-state index in [9.17, 15) is 13.2 Å². The maximum atomic E-state index is 13.2. The van der Waals surface area contributed by atoms with Crippen LogP contribution in [0.1, 0.15) is 49.3 Å². The molecule has 30 heavy (non-hydrogen) atoms. The lowest BCUT2D eigenvalue weighted by Crippen LogP contribution is -2.47. The van der Waals surface area contributed by atoms with Crippen LogP contribution in [0.3, 0.4) is 0 Å². The van der Waals surface area contributed by atoms with E-state index in [1.165, 1.54) is 0 Å². The van der Waals surface area contributed by atoms with Gasteiger partial charge in [-0.25, -0.2) is 13.4 Å². The van der Waals surface area contributed by atoms with Crippen LogP contribution >= 0.6 is 0 Å². The molecule has 1 aromatic heterocycles. The number of nitrogens with zero attached hydrogens (tertiary/aromatic N) is 2. The Hall–Kier alpha value is -2.73. The summed E-state index contributed by atoms with van der Waals surface area (Å²) in [6.45, 7) is 4.12. The summed E-state index contributed by atoms with van der Waals surface area (Å²) >= 11 is 0. The number of aromatic nitrogens is 1. The molecule has 2 unspecified atom stereocenters. The van der Waals surface area contributed by atoms with Crippen molar-refractivity contribution in [3.8, 4) is 0 Å². The molecule has 0 saturated carbocycles. The number of pyridine rings is 1. The van der Waals surface area contributed by atoms with Crippen molar-refractivity contribution >= 4 is 26.5 Å². The third-order valence-electron chi connectivity index (χ3n) is 5.88. The number of likely N-dealkylation sites (tertiary alicyclic amines) is 1. The van der Waals surface area contributed by atoms with E-state index in [0.717, 1.165) is 24.6 Å². The molecule has 6 heteroatoms. The fourth-order valence-electron chi connectivity index (χ4n) is 4.37. The second-order valence-electron chi connectivity index (χ2n) is 8.09. The summed E-state index contributed by atoms with van der Waals surface area (Å²) in [4.78, 5) is 19.7. The Bertz CT molecular complexity index is 1170. The molecular formula is C24H26N2O3S. The minimum atomic E-state index is -3.62. The minimum Gasteiger partial charge on any atom is -0.332 e. The summed E-state index contributed by atoms with van der Waals surface area (Å²) in [5, 5.41) is 1.58. The van der Waals surface area contributed by atoms with Gasteiger partial charge >= 0.3 is 0 Å². The number of rotatable bonds is 4. The van der Waals surface area contributed by atoms with Crippen molar-refractivity contribution in [1.29, 1.82) is 0 Å². The largest absolute Gasteiger partial charge is 0.332 e. The van der Waals surface area contributed by atoms with E-state index < -0.39 is 9.84 Å². The molecule has 0 spiro atoms. The van der Waals surface area contributed by atoms with Crippen molar-refractivity contribution < 1.29 is 13.2 Å². The Balaban J connectivity index is 1.63. The molecule has 1 fully saturated rings. The number of benzene rings is 2. The van der Waals surface area contributed by atoms with Gasteiger partial charge in [-0.05, 0) is 56.7 Å². The van der Waals surface area contributed by atoms with Crippen LogP contribution in [-0.4, -0.2) is 36.3 Å². The molecule has 2 atom stereocenters. The fourth-order valence-corrected chi connectivity index (χ4v) is 5.88. The number of hydrogen-bond donors (Lipinski definition) is 0. The highest BCUT2D eigenvalue weighted by molar-refractivity contribution is 7.90. The van der Waals surface area contributed by atoms with Gasteiger partial charge in [-0.3, -0.25) is 4.79 Å². The van der Waals surface area contributed by atoms with Crippen LogP contribution in [0.2, 0.25) is 0 Å². The molecular weight excluding hydrogens is 396 g/mol. The standard InChI is InChI=1S/C24H26N2O3S/c1-17-8-5-9-18(2)26(17)24(27)22-14-7-12-20(25-22)16-30(28,29)23-15-6-11-19-10-3-4-13-21(19)23/h3-4,6-7,10-15,17-18H,5,8-9,16H2,1-2H3. The van der Waals surface area contributed by atoms with Gasteiger partial charge in [0.2, 0.25) is 0 Å². The van der Waals surface area contributed by atoms with Crippen LogP contribution in [0.5, 0.6) is 0 Å². The van der Waals surface area contributed by atoms with Crippen LogP contribution in [0.4, 0.5) is 0 Å². The quantitative estimate of drug-likeness (QED) is 0.616.